The fraction of sp³-hybridized carbons (Fsp3) is 0.955. The van der Waals surface area contributed by atoms with Crippen molar-refractivity contribution in [3.05, 3.63) is 0 Å². The average Bonchev–Trinajstić information content (AvgIpc) is 3.38. The molecule has 0 aliphatic carbocycles. The molecule has 0 fully saturated rings. The first-order valence-electron chi connectivity index (χ1n) is 33.0. The second kappa shape index (κ2) is 62.0. The second-order valence-electron chi connectivity index (χ2n) is 22.8. The van der Waals surface area contributed by atoms with Crippen molar-refractivity contribution in [2.24, 2.45) is 0 Å². The van der Waals surface area contributed by atoms with Gasteiger partial charge in [-0.3, -0.25) is 14.4 Å². The highest BCUT2D eigenvalue weighted by Crippen LogP contribution is 2.19. The third-order valence-corrected chi connectivity index (χ3v) is 15.4. The normalized spacial score (nSPS) is 11.9. The molecule has 0 aliphatic heterocycles. The summed E-state index contributed by atoms with van der Waals surface area (Å²) in [5, 5.41) is 0. The number of hydrogen-bond acceptors (Lipinski definition) is 6. The van der Waals surface area contributed by atoms with Gasteiger partial charge in [-0.2, -0.15) is 0 Å². The van der Waals surface area contributed by atoms with Crippen LogP contribution < -0.4 is 0 Å². The monoisotopic (exact) mass is 1020 g/mol. The molecule has 0 saturated carbocycles. The zero-order valence-corrected chi connectivity index (χ0v) is 49.2. The summed E-state index contributed by atoms with van der Waals surface area (Å²) in [5.74, 6) is -0.828. The maximum atomic E-state index is 12.9. The van der Waals surface area contributed by atoms with Crippen LogP contribution in [0.3, 0.4) is 0 Å². The van der Waals surface area contributed by atoms with E-state index in [9.17, 15) is 14.4 Å². The number of rotatable bonds is 62. The molecule has 1 unspecified atom stereocenters. The molecule has 0 amide bonds. The third-order valence-electron chi connectivity index (χ3n) is 15.4. The molecule has 0 radical (unpaired) electrons. The van der Waals surface area contributed by atoms with Crippen molar-refractivity contribution in [2.45, 2.75) is 393 Å². The van der Waals surface area contributed by atoms with E-state index >= 15 is 0 Å². The zero-order valence-electron chi connectivity index (χ0n) is 49.2. The Morgan fingerprint density at radius 2 is 0.375 bits per heavy atom. The summed E-state index contributed by atoms with van der Waals surface area (Å²) in [4.78, 5) is 38.2. The van der Waals surface area contributed by atoms with Crippen LogP contribution in [0.2, 0.25) is 0 Å². The minimum absolute atomic E-state index is 0.0608. The smallest absolute Gasteiger partial charge is 0.306 e. The Balaban J connectivity index is 4.11. The second-order valence-corrected chi connectivity index (χ2v) is 22.8. The summed E-state index contributed by atoms with van der Waals surface area (Å²) in [5.41, 5.74) is 0. The van der Waals surface area contributed by atoms with Crippen LogP contribution in [0.25, 0.3) is 0 Å². The van der Waals surface area contributed by atoms with Gasteiger partial charge >= 0.3 is 17.9 Å². The summed E-state index contributed by atoms with van der Waals surface area (Å²) in [6, 6.07) is 0. The minimum Gasteiger partial charge on any atom is -0.462 e. The maximum Gasteiger partial charge on any atom is 0.306 e. The Kier molecular flexibility index (Phi) is 60.6. The molecule has 0 saturated heterocycles. The van der Waals surface area contributed by atoms with Crippen LogP contribution in [0.15, 0.2) is 0 Å². The van der Waals surface area contributed by atoms with Gasteiger partial charge in [-0.15, -0.1) is 0 Å². The lowest BCUT2D eigenvalue weighted by Gasteiger charge is -2.18. The Labute approximate surface area is 450 Å². The van der Waals surface area contributed by atoms with Crippen molar-refractivity contribution >= 4 is 17.9 Å². The lowest BCUT2D eigenvalue weighted by Crippen LogP contribution is -2.30. The molecule has 0 spiro atoms. The van der Waals surface area contributed by atoms with Crippen LogP contribution in [0.1, 0.15) is 387 Å². The number of carbonyl (C=O) groups excluding carboxylic acids is 3. The van der Waals surface area contributed by atoms with Crippen LogP contribution in [0, 0.1) is 0 Å². The Bertz CT molecular complexity index is 1080. The fourth-order valence-electron chi connectivity index (χ4n) is 10.4. The van der Waals surface area contributed by atoms with Crippen LogP contribution in [0.5, 0.6) is 0 Å². The van der Waals surface area contributed by atoms with Crippen LogP contribution in [0.4, 0.5) is 0 Å². The number of hydrogen-bond donors (Lipinski definition) is 0. The van der Waals surface area contributed by atoms with Crippen molar-refractivity contribution in [2.75, 3.05) is 13.2 Å². The van der Waals surface area contributed by atoms with Crippen molar-refractivity contribution in [3.63, 3.8) is 0 Å². The molecule has 428 valence electrons. The van der Waals surface area contributed by atoms with E-state index in [-0.39, 0.29) is 31.1 Å². The van der Waals surface area contributed by atoms with Crippen LogP contribution in [-0.4, -0.2) is 37.2 Å². The maximum absolute atomic E-state index is 12.9. The van der Waals surface area contributed by atoms with Gasteiger partial charge in [0.15, 0.2) is 6.10 Å². The van der Waals surface area contributed by atoms with Crippen molar-refractivity contribution in [1.29, 1.82) is 0 Å². The molecule has 1 atom stereocenters. The van der Waals surface area contributed by atoms with E-state index in [0.29, 0.717) is 19.3 Å². The standard InChI is InChI=1S/C66H128O6/c1-4-7-10-13-16-19-22-24-26-28-30-31-32-33-34-35-36-37-39-40-42-44-47-50-53-56-59-65(68)71-62-63(61-70-64(67)58-55-52-49-46-21-18-15-12-9-6-3)72-66(69)60-57-54-51-48-45-43-41-38-29-27-25-23-20-17-14-11-8-5-2/h63H,4-62H2,1-3H3. The largest absolute Gasteiger partial charge is 0.462 e. The molecule has 0 heterocycles. The van der Waals surface area contributed by atoms with Gasteiger partial charge in [0.1, 0.15) is 13.2 Å². The quantitative estimate of drug-likeness (QED) is 0.0343. The van der Waals surface area contributed by atoms with Gasteiger partial charge in [0, 0.05) is 19.3 Å². The average molecular weight is 1020 g/mol. The van der Waals surface area contributed by atoms with E-state index < -0.39 is 6.10 Å². The first kappa shape index (κ1) is 70.4. The summed E-state index contributed by atoms with van der Waals surface area (Å²) in [6.07, 6.45) is 71.3. The van der Waals surface area contributed by atoms with E-state index in [0.717, 1.165) is 57.8 Å². The predicted octanol–water partition coefficient (Wildman–Crippen LogP) is 22.3. The van der Waals surface area contributed by atoms with Crippen LogP contribution >= 0.6 is 0 Å². The van der Waals surface area contributed by atoms with Gasteiger partial charge in [-0.25, -0.2) is 0 Å². The van der Waals surface area contributed by atoms with E-state index in [1.807, 2.05) is 0 Å². The van der Waals surface area contributed by atoms with Gasteiger partial charge in [-0.05, 0) is 19.3 Å². The molecule has 0 bridgehead atoms. The van der Waals surface area contributed by atoms with Crippen LogP contribution in [-0.2, 0) is 28.6 Å². The van der Waals surface area contributed by atoms with Gasteiger partial charge < -0.3 is 14.2 Å². The number of esters is 3. The molecule has 0 aromatic rings. The Morgan fingerprint density at radius 3 is 0.556 bits per heavy atom. The SMILES string of the molecule is CCCCCCCCCCCCCCCCCCCCCCCCCCCCC(=O)OCC(COC(=O)CCCCCCCCCCCC)OC(=O)CCCCCCCCCCCCCCCCCCCC. The highest BCUT2D eigenvalue weighted by atomic mass is 16.6. The summed E-state index contributed by atoms with van der Waals surface area (Å²) in [6.45, 7) is 6.71. The highest BCUT2D eigenvalue weighted by Gasteiger charge is 2.19. The zero-order chi connectivity index (χ0) is 52.2. The summed E-state index contributed by atoms with van der Waals surface area (Å²) >= 11 is 0. The van der Waals surface area contributed by atoms with E-state index in [2.05, 4.69) is 20.8 Å². The molecule has 72 heavy (non-hydrogen) atoms. The van der Waals surface area contributed by atoms with Crippen molar-refractivity contribution in [3.8, 4) is 0 Å². The highest BCUT2D eigenvalue weighted by molar-refractivity contribution is 5.71. The molecule has 0 aromatic carbocycles. The molecule has 0 N–H and O–H groups in total. The summed E-state index contributed by atoms with van der Waals surface area (Å²) in [7, 11) is 0. The first-order valence-corrected chi connectivity index (χ1v) is 33.0. The Morgan fingerprint density at radius 1 is 0.222 bits per heavy atom. The molecular weight excluding hydrogens is 889 g/mol. The molecule has 6 heteroatoms. The van der Waals surface area contributed by atoms with Gasteiger partial charge in [0.2, 0.25) is 0 Å². The van der Waals surface area contributed by atoms with Crippen molar-refractivity contribution < 1.29 is 28.6 Å². The number of ether oxygens (including phenoxy) is 3. The number of carbonyl (C=O) groups is 3. The fourth-order valence-corrected chi connectivity index (χ4v) is 10.4. The van der Waals surface area contributed by atoms with E-state index in [1.54, 1.807) is 0 Å². The molecular formula is C66H128O6. The Hall–Kier alpha value is -1.59. The topological polar surface area (TPSA) is 78.9 Å². The van der Waals surface area contributed by atoms with E-state index in [4.69, 9.17) is 14.2 Å². The number of unbranched alkanes of at least 4 members (excludes halogenated alkanes) is 51. The first-order chi connectivity index (χ1) is 35.5. The van der Waals surface area contributed by atoms with E-state index in [1.165, 1.54) is 289 Å². The third kappa shape index (κ3) is 59.3. The molecule has 0 rings (SSSR count). The molecule has 0 aliphatic rings. The molecule has 6 nitrogen and oxygen atoms in total. The minimum atomic E-state index is -0.761. The summed E-state index contributed by atoms with van der Waals surface area (Å²) < 4.78 is 16.9. The van der Waals surface area contributed by atoms with Crippen molar-refractivity contribution in [1.82, 2.24) is 0 Å². The lowest BCUT2D eigenvalue weighted by molar-refractivity contribution is -0.167. The van der Waals surface area contributed by atoms with Gasteiger partial charge in [0.25, 0.3) is 0 Å². The van der Waals surface area contributed by atoms with Gasteiger partial charge in [-0.1, -0.05) is 348 Å². The lowest BCUT2D eigenvalue weighted by atomic mass is 10.0. The predicted molar refractivity (Wildman–Crippen MR) is 312 cm³/mol. The molecule has 0 aromatic heterocycles. The van der Waals surface area contributed by atoms with Gasteiger partial charge in [0.05, 0.1) is 0 Å².